The summed E-state index contributed by atoms with van der Waals surface area (Å²) in [5.41, 5.74) is 0.464. The number of thioether (sulfide) groups is 1. The number of H-pyrrole nitrogens is 1. The lowest BCUT2D eigenvalue weighted by Crippen LogP contribution is -2.13. The normalized spacial score (nSPS) is 11.4. The second-order valence-corrected chi connectivity index (χ2v) is 7.22. The largest absolute Gasteiger partial charge is 0.396 e. The molecule has 0 saturated heterocycles. The zero-order chi connectivity index (χ0) is 18.1. The number of aromatic amines is 1. The number of hydrogen-bond acceptors (Lipinski definition) is 5. The first-order valence-electron chi connectivity index (χ1n) is 7.28. The van der Waals surface area contributed by atoms with Gasteiger partial charge in [0, 0.05) is 18.1 Å². The molecule has 0 amide bonds. The van der Waals surface area contributed by atoms with E-state index >= 15 is 0 Å². The molecule has 2 N–H and O–H groups in total. The third kappa shape index (κ3) is 3.52. The van der Waals surface area contributed by atoms with Gasteiger partial charge >= 0.3 is 0 Å². The van der Waals surface area contributed by atoms with Gasteiger partial charge in [0.2, 0.25) is 0 Å². The SMILES string of the molecule is CSc1nn(-c2c(Cl)cc(Cl)cc2Cl)c2nc(CCCO)[nH]c(=O)c12. The van der Waals surface area contributed by atoms with E-state index in [0.717, 1.165) is 0 Å². The molecular formula is C15H13Cl3N4O2S. The minimum Gasteiger partial charge on any atom is -0.396 e. The topological polar surface area (TPSA) is 83.8 Å². The summed E-state index contributed by atoms with van der Waals surface area (Å²) in [5.74, 6) is 0.460. The Balaban J connectivity index is 2.32. The van der Waals surface area contributed by atoms with E-state index in [0.29, 0.717) is 55.5 Å². The lowest BCUT2D eigenvalue weighted by atomic mass is 10.3. The van der Waals surface area contributed by atoms with Crippen molar-refractivity contribution >= 4 is 57.6 Å². The van der Waals surface area contributed by atoms with E-state index in [4.69, 9.17) is 39.9 Å². The molecule has 25 heavy (non-hydrogen) atoms. The van der Waals surface area contributed by atoms with Gasteiger partial charge in [-0.15, -0.1) is 11.8 Å². The Morgan fingerprint density at radius 2 is 1.96 bits per heavy atom. The van der Waals surface area contributed by atoms with Crippen LogP contribution in [0.1, 0.15) is 12.2 Å². The number of nitrogens with one attached hydrogen (secondary N) is 1. The molecule has 1 aromatic carbocycles. The molecule has 132 valence electrons. The minimum absolute atomic E-state index is 0.00587. The minimum atomic E-state index is -0.297. The van der Waals surface area contributed by atoms with Gasteiger partial charge in [-0.1, -0.05) is 34.8 Å². The smallest absolute Gasteiger partial charge is 0.263 e. The monoisotopic (exact) mass is 418 g/mol. The Hall–Kier alpha value is -1.25. The standard InChI is InChI=1S/C15H13Cl3N4O2S/c1-25-15-11-13(19-10(3-2-4-23)20-14(11)24)22(21-15)12-8(17)5-7(16)6-9(12)18/h5-6,23H,2-4H2,1H3,(H,19,20,24). The van der Waals surface area contributed by atoms with Crippen molar-refractivity contribution in [3.63, 3.8) is 0 Å². The summed E-state index contributed by atoms with van der Waals surface area (Å²) in [7, 11) is 0. The first-order valence-corrected chi connectivity index (χ1v) is 9.63. The number of aromatic nitrogens is 4. The molecule has 0 fully saturated rings. The van der Waals surface area contributed by atoms with Gasteiger partial charge in [-0.25, -0.2) is 9.67 Å². The number of aliphatic hydroxyl groups is 1. The highest BCUT2D eigenvalue weighted by atomic mass is 35.5. The van der Waals surface area contributed by atoms with Gasteiger partial charge < -0.3 is 10.1 Å². The average molecular weight is 420 g/mol. The zero-order valence-corrected chi connectivity index (χ0v) is 16.1. The molecular weight excluding hydrogens is 407 g/mol. The van der Waals surface area contributed by atoms with Crippen LogP contribution in [0, 0.1) is 0 Å². The quantitative estimate of drug-likeness (QED) is 0.616. The Bertz CT molecular complexity index is 979. The molecule has 0 saturated carbocycles. The van der Waals surface area contributed by atoms with Crippen LogP contribution in [-0.2, 0) is 6.42 Å². The Morgan fingerprint density at radius 3 is 2.56 bits per heavy atom. The summed E-state index contributed by atoms with van der Waals surface area (Å²) in [6.07, 6.45) is 2.74. The predicted molar refractivity (Wildman–Crippen MR) is 102 cm³/mol. The van der Waals surface area contributed by atoms with Gasteiger partial charge in [-0.05, 0) is 24.8 Å². The number of rotatable bonds is 5. The van der Waals surface area contributed by atoms with Crippen LogP contribution in [0.5, 0.6) is 0 Å². The Labute approximate surface area is 162 Å². The van der Waals surface area contributed by atoms with Gasteiger partial charge in [0.15, 0.2) is 5.65 Å². The fraction of sp³-hybridized carbons (Fsp3) is 0.267. The number of nitrogens with zero attached hydrogens (tertiary/aromatic N) is 3. The lowest BCUT2D eigenvalue weighted by molar-refractivity contribution is 0.287. The van der Waals surface area contributed by atoms with Gasteiger partial charge in [0.25, 0.3) is 5.56 Å². The molecule has 0 unspecified atom stereocenters. The molecule has 2 heterocycles. The summed E-state index contributed by atoms with van der Waals surface area (Å²) in [4.78, 5) is 19.7. The van der Waals surface area contributed by atoms with Crippen molar-refractivity contribution in [2.24, 2.45) is 0 Å². The van der Waals surface area contributed by atoms with E-state index in [2.05, 4.69) is 15.1 Å². The average Bonchev–Trinajstić information content (AvgIpc) is 2.91. The highest BCUT2D eigenvalue weighted by molar-refractivity contribution is 7.98. The maximum atomic E-state index is 12.5. The maximum Gasteiger partial charge on any atom is 0.263 e. The third-order valence-corrected chi connectivity index (χ3v) is 4.98. The Morgan fingerprint density at radius 1 is 1.28 bits per heavy atom. The molecule has 3 rings (SSSR count). The molecule has 0 bridgehead atoms. The van der Waals surface area contributed by atoms with E-state index in [9.17, 15) is 4.79 Å². The maximum absolute atomic E-state index is 12.5. The van der Waals surface area contributed by atoms with E-state index in [1.807, 2.05) is 6.26 Å². The fourth-order valence-corrected chi connectivity index (χ4v) is 3.97. The van der Waals surface area contributed by atoms with Gasteiger partial charge in [-0.3, -0.25) is 4.79 Å². The van der Waals surface area contributed by atoms with Crippen molar-refractivity contribution in [3.05, 3.63) is 43.4 Å². The van der Waals surface area contributed by atoms with Crippen molar-refractivity contribution in [2.75, 3.05) is 12.9 Å². The van der Waals surface area contributed by atoms with E-state index < -0.39 is 0 Å². The molecule has 2 aromatic heterocycles. The van der Waals surface area contributed by atoms with Crippen molar-refractivity contribution in [3.8, 4) is 5.69 Å². The number of hydrogen-bond donors (Lipinski definition) is 2. The molecule has 0 aliphatic heterocycles. The van der Waals surface area contributed by atoms with E-state index in [1.54, 1.807) is 12.1 Å². The number of aliphatic hydroxyl groups excluding tert-OH is 1. The first kappa shape index (κ1) is 18.5. The van der Waals surface area contributed by atoms with Crippen LogP contribution in [0.15, 0.2) is 22.0 Å². The molecule has 0 aliphatic rings. The molecule has 0 aliphatic carbocycles. The van der Waals surface area contributed by atoms with Gasteiger partial charge in [0.1, 0.15) is 21.9 Å². The fourth-order valence-electron chi connectivity index (χ4n) is 2.44. The van der Waals surface area contributed by atoms with Crippen LogP contribution in [-0.4, -0.2) is 37.7 Å². The van der Waals surface area contributed by atoms with Gasteiger partial charge in [-0.2, -0.15) is 5.10 Å². The molecule has 0 atom stereocenters. The van der Waals surface area contributed by atoms with Crippen LogP contribution in [0.2, 0.25) is 15.1 Å². The molecule has 0 spiro atoms. The molecule has 3 aromatic rings. The molecule has 10 heteroatoms. The number of benzene rings is 1. The lowest BCUT2D eigenvalue weighted by Gasteiger charge is -2.09. The van der Waals surface area contributed by atoms with Crippen molar-refractivity contribution < 1.29 is 5.11 Å². The summed E-state index contributed by atoms with van der Waals surface area (Å²) in [5, 5.41) is 15.3. The summed E-state index contributed by atoms with van der Waals surface area (Å²) in [6.45, 7) is 0.00587. The van der Waals surface area contributed by atoms with Crippen LogP contribution < -0.4 is 5.56 Å². The number of fused-ring (bicyclic) bond motifs is 1. The first-order chi connectivity index (χ1) is 12.0. The van der Waals surface area contributed by atoms with Crippen molar-refractivity contribution in [1.29, 1.82) is 0 Å². The van der Waals surface area contributed by atoms with E-state index in [1.165, 1.54) is 16.4 Å². The summed E-state index contributed by atoms with van der Waals surface area (Å²) in [6, 6.07) is 3.10. The molecule has 6 nitrogen and oxygen atoms in total. The van der Waals surface area contributed by atoms with Crippen molar-refractivity contribution in [1.82, 2.24) is 19.7 Å². The Kier molecular flexibility index (Phi) is 5.60. The van der Waals surface area contributed by atoms with Crippen LogP contribution in [0.4, 0.5) is 0 Å². The highest BCUT2D eigenvalue weighted by Gasteiger charge is 2.21. The van der Waals surface area contributed by atoms with Crippen molar-refractivity contribution in [2.45, 2.75) is 17.9 Å². The predicted octanol–water partition coefficient (Wildman–Crippen LogP) is 3.72. The number of aryl methyl sites for hydroxylation is 1. The summed E-state index contributed by atoms with van der Waals surface area (Å²) < 4.78 is 1.46. The number of halogens is 3. The van der Waals surface area contributed by atoms with Gasteiger partial charge in [0.05, 0.1) is 10.0 Å². The summed E-state index contributed by atoms with van der Waals surface area (Å²) >= 11 is 19.9. The molecule has 0 radical (unpaired) electrons. The van der Waals surface area contributed by atoms with Crippen LogP contribution in [0.25, 0.3) is 16.7 Å². The second-order valence-electron chi connectivity index (χ2n) is 5.18. The van der Waals surface area contributed by atoms with E-state index in [-0.39, 0.29) is 12.2 Å². The van der Waals surface area contributed by atoms with Crippen LogP contribution >= 0.6 is 46.6 Å². The van der Waals surface area contributed by atoms with Crippen LogP contribution in [0.3, 0.4) is 0 Å². The third-order valence-electron chi connectivity index (χ3n) is 3.51. The zero-order valence-electron chi connectivity index (χ0n) is 13.0. The second kappa shape index (κ2) is 7.55. The highest BCUT2D eigenvalue weighted by Crippen LogP contribution is 2.34.